The smallest absolute Gasteiger partial charge is 0.223 e. The van der Waals surface area contributed by atoms with Crippen LogP contribution in [0.2, 0.25) is 0 Å². The summed E-state index contributed by atoms with van der Waals surface area (Å²) in [5.74, 6) is 0.758. The number of likely N-dealkylation sites (tertiary alicyclic amines) is 1. The SMILES string of the molecule is CC(=O)CCC(=O)N(CC1CCN(C2Cc3ccccc3C2)CC1)C[C@@H]1CCCO1. The van der Waals surface area contributed by atoms with Crippen LogP contribution in [-0.4, -0.2) is 66.4 Å². The van der Waals surface area contributed by atoms with E-state index < -0.39 is 0 Å². The molecule has 0 unspecified atom stereocenters. The van der Waals surface area contributed by atoms with Gasteiger partial charge in [0.2, 0.25) is 5.91 Å². The molecular formula is C25H36N2O3. The summed E-state index contributed by atoms with van der Waals surface area (Å²) in [7, 11) is 0. The first-order valence-electron chi connectivity index (χ1n) is 11.8. The first kappa shape index (κ1) is 21.5. The summed E-state index contributed by atoms with van der Waals surface area (Å²) in [6.45, 7) is 6.12. The second-order valence-electron chi connectivity index (χ2n) is 9.45. The molecule has 0 saturated carbocycles. The highest BCUT2D eigenvalue weighted by atomic mass is 16.5. The van der Waals surface area contributed by atoms with E-state index in [1.807, 2.05) is 4.90 Å². The van der Waals surface area contributed by atoms with Gasteiger partial charge in [0.05, 0.1) is 6.10 Å². The molecule has 0 radical (unpaired) electrons. The molecule has 3 aliphatic rings. The quantitative estimate of drug-likeness (QED) is 0.658. The van der Waals surface area contributed by atoms with Crippen LogP contribution in [0, 0.1) is 5.92 Å². The van der Waals surface area contributed by atoms with Crippen LogP contribution in [0.4, 0.5) is 0 Å². The van der Waals surface area contributed by atoms with Crippen LogP contribution in [0.5, 0.6) is 0 Å². The average molecular weight is 413 g/mol. The zero-order chi connectivity index (χ0) is 20.9. The Morgan fingerprint density at radius 3 is 2.33 bits per heavy atom. The summed E-state index contributed by atoms with van der Waals surface area (Å²) in [5.41, 5.74) is 3.03. The minimum Gasteiger partial charge on any atom is -0.376 e. The first-order valence-corrected chi connectivity index (χ1v) is 11.8. The van der Waals surface area contributed by atoms with Crippen LogP contribution in [0.3, 0.4) is 0 Å². The fraction of sp³-hybridized carbons (Fsp3) is 0.680. The number of ketones is 1. The van der Waals surface area contributed by atoms with E-state index in [0.29, 0.717) is 31.3 Å². The summed E-state index contributed by atoms with van der Waals surface area (Å²) in [4.78, 5) is 28.8. The molecule has 0 spiro atoms. The fourth-order valence-corrected chi connectivity index (χ4v) is 5.36. The number of carbonyl (C=O) groups is 2. The van der Waals surface area contributed by atoms with Gasteiger partial charge in [-0.15, -0.1) is 0 Å². The van der Waals surface area contributed by atoms with Crippen molar-refractivity contribution >= 4 is 11.7 Å². The van der Waals surface area contributed by atoms with Crippen molar-refractivity contribution in [3.8, 4) is 0 Å². The van der Waals surface area contributed by atoms with E-state index in [1.165, 1.54) is 24.0 Å². The molecular weight excluding hydrogens is 376 g/mol. The Labute approximate surface area is 180 Å². The Hall–Kier alpha value is -1.72. The van der Waals surface area contributed by atoms with E-state index in [2.05, 4.69) is 29.2 Å². The lowest BCUT2D eigenvalue weighted by Gasteiger charge is -2.38. The number of ether oxygens (including phenoxy) is 1. The number of rotatable bonds is 8. The van der Waals surface area contributed by atoms with Gasteiger partial charge in [0.15, 0.2) is 0 Å². The van der Waals surface area contributed by atoms with Crippen LogP contribution in [0.15, 0.2) is 24.3 Å². The van der Waals surface area contributed by atoms with E-state index in [9.17, 15) is 9.59 Å². The third kappa shape index (κ3) is 5.50. The van der Waals surface area contributed by atoms with Crippen molar-refractivity contribution in [1.82, 2.24) is 9.80 Å². The van der Waals surface area contributed by atoms with Gasteiger partial charge in [-0.25, -0.2) is 0 Å². The Morgan fingerprint density at radius 1 is 1.03 bits per heavy atom. The van der Waals surface area contributed by atoms with Gasteiger partial charge < -0.3 is 14.4 Å². The van der Waals surface area contributed by atoms with Crippen molar-refractivity contribution in [2.75, 3.05) is 32.8 Å². The molecule has 164 valence electrons. The number of benzene rings is 1. The lowest BCUT2D eigenvalue weighted by molar-refractivity contribution is -0.135. The predicted molar refractivity (Wildman–Crippen MR) is 117 cm³/mol. The molecule has 1 aromatic carbocycles. The average Bonchev–Trinajstić information content (AvgIpc) is 3.41. The molecule has 2 heterocycles. The van der Waals surface area contributed by atoms with Gasteiger partial charge in [-0.2, -0.15) is 0 Å². The standard InChI is InChI=1S/C25H36N2O3/c1-19(28)8-9-25(29)27(18-24-7-4-14-30-24)17-20-10-12-26(13-11-20)23-15-21-5-2-3-6-22(21)16-23/h2-3,5-6,20,23-24H,4,7-18H2,1H3/t24-/m0/s1. The summed E-state index contributed by atoms with van der Waals surface area (Å²) in [6, 6.07) is 9.50. The largest absolute Gasteiger partial charge is 0.376 e. The number of carbonyl (C=O) groups excluding carboxylic acids is 2. The maximum Gasteiger partial charge on any atom is 0.223 e. The topological polar surface area (TPSA) is 49.9 Å². The number of piperidine rings is 1. The number of hydrogen-bond donors (Lipinski definition) is 0. The Balaban J connectivity index is 1.28. The Morgan fingerprint density at radius 2 is 1.73 bits per heavy atom. The van der Waals surface area contributed by atoms with Crippen LogP contribution in [0.25, 0.3) is 0 Å². The van der Waals surface area contributed by atoms with Gasteiger partial charge >= 0.3 is 0 Å². The number of Topliss-reactive ketones (excluding diaryl/α,β-unsaturated/α-hetero) is 1. The molecule has 0 N–H and O–H groups in total. The van der Waals surface area contributed by atoms with Crippen LogP contribution >= 0.6 is 0 Å². The second-order valence-corrected chi connectivity index (χ2v) is 9.45. The summed E-state index contributed by atoms with van der Waals surface area (Å²) in [6.07, 6.45) is 7.63. The van der Waals surface area contributed by atoms with E-state index in [0.717, 1.165) is 51.9 Å². The highest BCUT2D eigenvalue weighted by Crippen LogP contribution is 2.29. The van der Waals surface area contributed by atoms with Gasteiger partial charge in [-0.3, -0.25) is 9.69 Å². The monoisotopic (exact) mass is 412 g/mol. The second kappa shape index (κ2) is 10.1. The Bertz CT molecular complexity index is 711. The van der Waals surface area contributed by atoms with E-state index in [-0.39, 0.29) is 17.8 Å². The molecule has 2 saturated heterocycles. The molecule has 5 nitrogen and oxygen atoms in total. The molecule has 1 atom stereocenters. The highest BCUT2D eigenvalue weighted by molar-refractivity contribution is 5.83. The van der Waals surface area contributed by atoms with Crippen molar-refractivity contribution in [2.24, 2.45) is 5.92 Å². The lowest BCUT2D eigenvalue weighted by Crippen LogP contribution is -2.46. The van der Waals surface area contributed by atoms with Crippen molar-refractivity contribution in [2.45, 2.75) is 70.4 Å². The number of nitrogens with zero attached hydrogens (tertiary/aromatic N) is 2. The van der Waals surface area contributed by atoms with Gasteiger partial charge in [0.25, 0.3) is 0 Å². The van der Waals surface area contributed by atoms with E-state index in [4.69, 9.17) is 4.74 Å². The molecule has 1 aliphatic carbocycles. The zero-order valence-electron chi connectivity index (χ0n) is 18.4. The first-order chi connectivity index (χ1) is 14.6. The van der Waals surface area contributed by atoms with Gasteiger partial charge in [0, 0.05) is 38.6 Å². The molecule has 2 fully saturated rings. The van der Waals surface area contributed by atoms with Crippen LogP contribution in [0.1, 0.15) is 56.6 Å². The van der Waals surface area contributed by atoms with Crippen molar-refractivity contribution in [3.05, 3.63) is 35.4 Å². The van der Waals surface area contributed by atoms with Crippen molar-refractivity contribution in [3.63, 3.8) is 0 Å². The molecule has 1 aromatic rings. The highest BCUT2D eigenvalue weighted by Gasteiger charge is 2.31. The van der Waals surface area contributed by atoms with Crippen LogP contribution in [-0.2, 0) is 27.2 Å². The summed E-state index contributed by atoms with van der Waals surface area (Å²) >= 11 is 0. The third-order valence-corrected chi connectivity index (χ3v) is 7.17. The maximum atomic E-state index is 12.8. The Kier molecular flexibility index (Phi) is 7.21. The molecule has 30 heavy (non-hydrogen) atoms. The van der Waals surface area contributed by atoms with E-state index >= 15 is 0 Å². The fourth-order valence-electron chi connectivity index (χ4n) is 5.36. The summed E-state index contributed by atoms with van der Waals surface area (Å²) < 4.78 is 5.79. The third-order valence-electron chi connectivity index (χ3n) is 7.17. The predicted octanol–water partition coefficient (Wildman–Crippen LogP) is 3.24. The number of amides is 1. The van der Waals surface area contributed by atoms with E-state index in [1.54, 1.807) is 6.92 Å². The molecule has 0 bridgehead atoms. The number of fused-ring (bicyclic) bond motifs is 1. The van der Waals surface area contributed by atoms with Gasteiger partial charge in [-0.05, 0) is 75.6 Å². The maximum absolute atomic E-state index is 12.8. The normalized spacial score (nSPS) is 22.9. The summed E-state index contributed by atoms with van der Waals surface area (Å²) in [5, 5.41) is 0. The minimum absolute atomic E-state index is 0.0892. The zero-order valence-corrected chi connectivity index (χ0v) is 18.4. The molecule has 0 aromatic heterocycles. The minimum atomic E-state index is 0.0892. The number of hydrogen-bond acceptors (Lipinski definition) is 4. The molecule has 4 rings (SSSR count). The van der Waals surface area contributed by atoms with Crippen LogP contribution < -0.4 is 0 Å². The van der Waals surface area contributed by atoms with Gasteiger partial charge in [-0.1, -0.05) is 24.3 Å². The molecule has 2 aliphatic heterocycles. The van der Waals surface area contributed by atoms with Crippen molar-refractivity contribution in [1.29, 1.82) is 0 Å². The lowest BCUT2D eigenvalue weighted by atomic mass is 9.94. The van der Waals surface area contributed by atoms with Gasteiger partial charge in [0.1, 0.15) is 5.78 Å². The molecule has 1 amide bonds. The van der Waals surface area contributed by atoms with Crippen molar-refractivity contribution < 1.29 is 14.3 Å². The molecule has 5 heteroatoms.